The molecule has 2 aromatic carbocycles. The summed E-state index contributed by atoms with van der Waals surface area (Å²) < 4.78 is 5.57. The molecule has 4 heteroatoms. The smallest absolute Gasteiger partial charge is 0.365 e. The molecule has 0 fully saturated rings. The van der Waals surface area contributed by atoms with E-state index in [9.17, 15) is 4.79 Å². The summed E-state index contributed by atoms with van der Waals surface area (Å²) >= 11 is 0. The van der Waals surface area contributed by atoms with E-state index in [2.05, 4.69) is 12.1 Å². The average Bonchev–Trinajstić information content (AvgIpc) is 2.61. The summed E-state index contributed by atoms with van der Waals surface area (Å²) in [7, 11) is 0. The van der Waals surface area contributed by atoms with Crippen molar-refractivity contribution in [1.29, 1.82) is 0 Å². The normalized spacial score (nSPS) is 11.2. The molecule has 0 aromatic heterocycles. The number of hydrogen-bond donors (Lipinski definition) is 0. The Morgan fingerprint density at radius 1 is 1.00 bits per heavy atom. The van der Waals surface area contributed by atoms with Crippen molar-refractivity contribution in [3.8, 4) is 5.75 Å². The number of nitrogens with zero attached hydrogens (tertiary/aromatic N) is 1. The van der Waals surface area contributed by atoms with Gasteiger partial charge in [0.2, 0.25) is 0 Å². The molecule has 0 bridgehead atoms. The van der Waals surface area contributed by atoms with E-state index in [1.165, 1.54) is 5.56 Å². The van der Waals surface area contributed by atoms with Crippen LogP contribution in [0, 0.1) is 6.92 Å². The maximum absolute atomic E-state index is 12.0. The fourth-order valence-corrected chi connectivity index (χ4v) is 2.03. The molecule has 24 heavy (non-hydrogen) atoms. The van der Waals surface area contributed by atoms with Gasteiger partial charge < -0.3 is 9.57 Å². The van der Waals surface area contributed by atoms with E-state index in [1.54, 1.807) is 24.3 Å². The van der Waals surface area contributed by atoms with Crippen molar-refractivity contribution in [2.45, 2.75) is 33.6 Å². The molecular weight excluding hydrogens is 302 g/mol. The molecule has 2 rings (SSSR count). The third-order valence-corrected chi connectivity index (χ3v) is 3.59. The van der Waals surface area contributed by atoms with Crippen molar-refractivity contribution in [3.05, 3.63) is 65.2 Å². The minimum atomic E-state index is -0.485. The number of aryl methyl sites for hydroxylation is 1. The lowest BCUT2D eigenvalue weighted by Crippen LogP contribution is -2.04. The minimum absolute atomic E-state index is 0.443. The van der Waals surface area contributed by atoms with Gasteiger partial charge in [-0.2, -0.15) is 0 Å². The van der Waals surface area contributed by atoms with Gasteiger partial charge in [-0.3, -0.25) is 0 Å². The third-order valence-electron chi connectivity index (χ3n) is 3.59. The summed E-state index contributed by atoms with van der Waals surface area (Å²) in [6, 6.07) is 14.8. The highest BCUT2D eigenvalue weighted by Gasteiger charge is 2.08. The molecule has 0 aliphatic rings. The van der Waals surface area contributed by atoms with E-state index >= 15 is 0 Å². The molecule has 2 aromatic rings. The molecule has 0 amide bonds. The molecule has 0 saturated heterocycles. The van der Waals surface area contributed by atoms with Crippen LogP contribution in [0.3, 0.4) is 0 Å². The number of oxime groups is 1. The molecule has 0 heterocycles. The highest BCUT2D eigenvalue weighted by atomic mass is 16.7. The third kappa shape index (κ3) is 5.23. The van der Waals surface area contributed by atoms with Crippen LogP contribution in [0.1, 0.15) is 48.2 Å². The van der Waals surface area contributed by atoms with E-state index in [1.807, 2.05) is 38.1 Å². The zero-order valence-electron chi connectivity index (χ0n) is 14.4. The summed E-state index contributed by atoms with van der Waals surface area (Å²) in [6.45, 7) is 6.62. The van der Waals surface area contributed by atoms with Crippen molar-refractivity contribution in [2.24, 2.45) is 5.16 Å². The Morgan fingerprint density at radius 2 is 1.62 bits per heavy atom. The number of ether oxygens (including phenoxy) is 1. The van der Waals surface area contributed by atoms with E-state index < -0.39 is 5.97 Å². The van der Waals surface area contributed by atoms with Gasteiger partial charge in [0.15, 0.2) is 0 Å². The van der Waals surface area contributed by atoms with Gasteiger partial charge in [0.05, 0.1) is 17.9 Å². The predicted molar refractivity (Wildman–Crippen MR) is 95.7 cm³/mol. The lowest BCUT2D eigenvalue weighted by Gasteiger charge is -2.06. The topological polar surface area (TPSA) is 47.9 Å². The van der Waals surface area contributed by atoms with Gasteiger partial charge >= 0.3 is 5.97 Å². The number of carbonyl (C=O) groups excluding carboxylic acids is 1. The first-order chi connectivity index (χ1) is 11.6. The van der Waals surface area contributed by atoms with Crippen LogP contribution >= 0.6 is 0 Å². The van der Waals surface area contributed by atoms with E-state index in [0.717, 1.165) is 24.2 Å². The van der Waals surface area contributed by atoms with Crippen molar-refractivity contribution < 1.29 is 14.4 Å². The fraction of sp³-hybridized carbons (Fsp3) is 0.300. The standard InChI is InChI=1S/C20H23NO3/c1-4-5-14-23-19-12-10-18(11-13-19)20(22)24-21-16(3)17-8-6-15(2)7-9-17/h6-13H,4-5,14H2,1-3H3/b21-16-. The summed E-state index contributed by atoms with van der Waals surface area (Å²) in [5.41, 5.74) is 3.19. The highest BCUT2D eigenvalue weighted by molar-refractivity contribution is 5.99. The number of rotatable bonds is 7. The summed E-state index contributed by atoms with van der Waals surface area (Å²) in [6.07, 6.45) is 2.10. The van der Waals surface area contributed by atoms with Crippen LogP contribution < -0.4 is 4.74 Å². The van der Waals surface area contributed by atoms with Crippen LogP contribution in [-0.2, 0) is 4.84 Å². The molecule has 0 radical (unpaired) electrons. The molecule has 0 atom stereocenters. The van der Waals surface area contributed by atoms with Gasteiger partial charge in [-0.25, -0.2) is 4.79 Å². The van der Waals surface area contributed by atoms with Crippen molar-refractivity contribution in [1.82, 2.24) is 0 Å². The van der Waals surface area contributed by atoms with Crippen molar-refractivity contribution in [2.75, 3.05) is 6.61 Å². The quantitative estimate of drug-likeness (QED) is 0.319. The molecule has 0 aliphatic carbocycles. The Bertz CT molecular complexity index is 688. The van der Waals surface area contributed by atoms with Crippen LogP contribution in [0.25, 0.3) is 0 Å². The zero-order valence-corrected chi connectivity index (χ0v) is 14.4. The molecule has 0 saturated carbocycles. The molecule has 0 unspecified atom stereocenters. The molecule has 126 valence electrons. The maximum Gasteiger partial charge on any atom is 0.365 e. The fourth-order valence-electron chi connectivity index (χ4n) is 2.03. The first-order valence-electron chi connectivity index (χ1n) is 8.16. The molecular formula is C20H23NO3. The number of carbonyl (C=O) groups is 1. The molecule has 0 spiro atoms. The van der Waals surface area contributed by atoms with E-state index in [-0.39, 0.29) is 0 Å². The molecule has 0 aliphatic heterocycles. The Balaban J connectivity index is 1.94. The summed E-state index contributed by atoms with van der Waals surface area (Å²) in [5.74, 6) is 0.265. The predicted octanol–water partition coefficient (Wildman–Crippen LogP) is 4.75. The average molecular weight is 325 g/mol. The van der Waals surface area contributed by atoms with Crippen molar-refractivity contribution in [3.63, 3.8) is 0 Å². The second-order valence-electron chi connectivity index (χ2n) is 5.65. The van der Waals surface area contributed by atoms with Crippen molar-refractivity contribution >= 4 is 11.7 Å². The first-order valence-corrected chi connectivity index (χ1v) is 8.16. The van der Waals surface area contributed by atoms with Crippen LogP contribution in [0.15, 0.2) is 53.7 Å². The summed E-state index contributed by atoms with van der Waals surface area (Å²) in [4.78, 5) is 17.1. The van der Waals surface area contributed by atoms with Gasteiger partial charge in [-0.15, -0.1) is 0 Å². The largest absolute Gasteiger partial charge is 0.494 e. The number of hydrogen-bond acceptors (Lipinski definition) is 4. The first kappa shape index (κ1) is 17.7. The lowest BCUT2D eigenvalue weighted by molar-refractivity contribution is 0.0516. The second kappa shape index (κ2) is 8.87. The van der Waals surface area contributed by atoms with Crippen LogP contribution in [0.5, 0.6) is 5.75 Å². The molecule has 4 nitrogen and oxygen atoms in total. The second-order valence-corrected chi connectivity index (χ2v) is 5.65. The number of benzene rings is 2. The van der Waals surface area contributed by atoms with Gasteiger partial charge in [0.25, 0.3) is 0 Å². The van der Waals surface area contributed by atoms with E-state index in [4.69, 9.17) is 9.57 Å². The Labute approximate surface area is 143 Å². The van der Waals surface area contributed by atoms with Crippen LogP contribution in [0.4, 0.5) is 0 Å². The number of unbranched alkanes of at least 4 members (excludes halogenated alkanes) is 1. The lowest BCUT2D eigenvalue weighted by atomic mass is 10.1. The van der Waals surface area contributed by atoms with E-state index in [0.29, 0.717) is 17.9 Å². The van der Waals surface area contributed by atoms with Crippen LogP contribution in [-0.4, -0.2) is 18.3 Å². The summed E-state index contributed by atoms with van der Waals surface area (Å²) in [5, 5.41) is 3.92. The molecule has 0 N–H and O–H groups in total. The Hall–Kier alpha value is -2.62. The SMILES string of the molecule is CCCCOc1ccc(C(=O)O/N=C(/C)c2ccc(C)cc2)cc1. The highest BCUT2D eigenvalue weighted by Crippen LogP contribution is 2.14. The maximum atomic E-state index is 12.0. The Morgan fingerprint density at radius 3 is 2.25 bits per heavy atom. The van der Waals surface area contributed by atoms with Gasteiger partial charge in [-0.1, -0.05) is 48.3 Å². The van der Waals surface area contributed by atoms with Gasteiger partial charge in [0, 0.05) is 0 Å². The minimum Gasteiger partial charge on any atom is -0.494 e. The van der Waals surface area contributed by atoms with Gasteiger partial charge in [0.1, 0.15) is 5.75 Å². The zero-order chi connectivity index (χ0) is 17.4. The van der Waals surface area contributed by atoms with Crippen LogP contribution in [0.2, 0.25) is 0 Å². The monoisotopic (exact) mass is 325 g/mol. The van der Waals surface area contributed by atoms with Gasteiger partial charge in [-0.05, 0) is 50.1 Å². The Kier molecular flexibility index (Phi) is 6.55.